The zero-order valence-corrected chi connectivity index (χ0v) is 13.1. The number of rotatable bonds is 7. The van der Waals surface area contributed by atoms with Gasteiger partial charge < -0.3 is 5.11 Å². The van der Waals surface area contributed by atoms with Crippen LogP contribution in [-0.4, -0.2) is 25.4 Å². The Morgan fingerprint density at radius 1 is 1.18 bits per heavy atom. The van der Waals surface area contributed by atoms with Gasteiger partial charge >= 0.3 is 5.97 Å². The zero-order chi connectivity index (χ0) is 17.0. The van der Waals surface area contributed by atoms with Crippen molar-refractivity contribution in [3.63, 3.8) is 0 Å². The monoisotopic (exact) mass is 329 g/mol. The normalized spacial score (nSPS) is 11.8. The van der Waals surface area contributed by atoms with Crippen molar-refractivity contribution in [3.05, 3.63) is 24.3 Å². The fraction of sp³-hybridized carbons (Fsp3) is 0.385. The van der Waals surface area contributed by atoms with Crippen LogP contribution in [0.4, 0.5) is 5.69 Å². The lowest BCUT2D eigenvalue weighted by Crippen LogP contribution is -2.33. The number of hydrogen-bond acceptors (Lipinski definition) is 5. The summed E-state index contributed by atoms with van der Waals surface area (Å²) in [5.41, 5.74) is 4.84. The van der Waals surface area contributed by atoms with Crippen LogP contribution >= 0.6 is 0 Å². The van der Waals surface area contributed by atoms with Crippen molar-refractivity contribution in [2.75, 3.05) is 5.43 Å². The van der Waals surface area contributed by atoms with Gasteiger partial charge in [-0.3, -0.25) is 20.4 Å². The summed E-state index contributed by atoms with van der Waals surface area (Å²) in [4.78, 5) is 22.4. The number of nitrogens with two attached hydrogens (primary N) is 1. The minimum absolute atomic E-state index is 0.0293. The Hall–Kier alpha value is -2.13. The van der Waals surface area contributed by atoms with Gasteiger partial charge in [0.1, 0.15) is 0 Å². The molecule has 1 aromatic rings. The number of carbonyl (C=O) groups is 2. The van der Waals surface area contributed by atoms with Crippen molar-refractivity contribution in [1.29, 1.82) is 0 Å². The number of primary sulfonamides is 1. The third-order valence-corrected chi connectivity index (χ3v) is 3.73. The average Bonchev–Trinajstić information content (AvgIpc) is 2.33. The smallest absolute Gasteiger partial charge is 0.303 e. The lowest BCUT2D eigenvalue weighted by Gasteiger charge is -2.21. The number of nitrogens with one attached hydrogen (secondary N) is 2. The van der Waals surface area contributed by atoms with Crippen molar-refractivity contribution in [1.82, 2.24) is 5.43 Å². The van der Waals surface area contributed by atoms with E-state index in [1.165, 1.54) is 24.3 Å². The van der Waals surface area contributed by atoms with E-state index in [1.54, 1.807) is 13.8 Å². The maximum absolute atomic E-state index is 11.8. The Labute approximate surface area is 128 Å². The van der Waals surface area contributed by atoms with Gasteiger partial charge in [0.05, 0.1) is 17.0 Å². The molecule has 0 unspecified atom stereocenters. The number of hydrazine groups is 1. The topological polar surface area (TPSA) is 139 Å². The maximum atomic E-state index is 11.8. The first kappa shape index (κ1) is 17.9. The van der Waals surface area contributed by atoms with E-state index in [2.05, 4.69) is 10.9 Å². The molecule has 0 aliphatic carbocycles. The molecule has 9 heteroatoms. The summed E-state index contributed by atoms with van der Waals surface area (Å²) in [5.74, 6) is -1.34. The molecule has 1 amide bonds. The molecule has 0 aromatic heterocycles. The molecule has 0 aliphatic heterocycles. The Kier molecular flexibility index (Phi) is 5.50. The number of carboxylic acid groups (broad SMARTS) is 1. The predicted octanol–water partition coefficient (Wildman–Crippen LogP) is 0.668. The number of benzene rings is 1. The molecule has 1 rings (SSSR count). The van der Waals surface area contributed by atoms with Crippen molar-refractivity contribution in [2.24, 2.45) is 10.6 Å². The molecular formula is C13H19N3O5S. The minimum Gasteiger partial charge on any atom is -0.481 e. The third-order valence-electron chi connectivity index (χ3n) is 2.80. The third kappa shape index (κ3) is 6.10. The van der Waals surface area contributed by atoms with Crippen LogP contribution in [0.2, 0.25) is 0 Å². The summed E-state index contributed by atoms with van der Waals surface area (Å²) in [5, 5.41) is 13.7. The van der Waals surface area contributed by atoms with E-state index in [0.717, 1.165) is 0 Å². The van der Waals surface area contributed by atoms with E-state index >= 15 is 0 Å². The van der Waals surface area contributed by atoms with Crippen LogP contribution < -0.4 is 16.0 Å². The van der Waals surface area contributed by atoms with Gasteiger partial charge in [-0.1, -0.05) is 13.8 Å². The van der Waals surface area contributed by atoms with Crippen LogP contribution in [0, 0.1) is 5.41 Å². The SMILES string of the molecule is CC(C)(CC(=O)O)CC(=O)NNc1ccc(S(N)(=O)=O)cc1. The summed E-state index contributed by atoms with van der Waals surface area (Å²) in [6.07, 6.45) is -0.0922. The van der Waals surface area contributed by atoms with Gasteiger partial charge in [-0.15, -0.1) is 0 Å². The molecule has 0 aliphatic rings. The molecule has 0 heterocycles. The predicted molar refractivity (Wildman–Crippen MR) is 80.2 cm³/mol. The molecule has 0 saturated carbocycles. The average molecular weight is 329 g/mol. The van der Waals surface area contributed by atoms with Gasteiger partial charge in [0.25, 0.3) is 0 Å². The highest BCUT2D eigenvalue weighted by Gasteiger charge is 2.25. The summed E-state index contributed by atoms with van der Waals surface area (Å²) in [6.45, 7) is 3.36. The minimum atomic E-state index is -3.76. The molecule has 122 valence electrons. The molecule has 0 fully saturated rings. The number of aliphatic carboxylic acids is 1. The number of anilines is 1. The Bertz CT molecular complexity index is 653. The van der Waals surface area contributed by atoms with E-state index in [4.69, 9.17) is 10.2 Å². The highest BCUT2D eigenvalue weighted by atomic mass is 32.2. The first-order valence-electron chi connectivity index (χ1n) is 6.39. The van der Waals surface area contributed by atoms with Gasteiger partial charge in [0.2, 0.25) is 15.9 Å². The first-order chi connectivity index (χ1) is 9.99. The van der Waals surface area contributed by atoms with Crippen molar-refractivity contribution >= 4 is 27.6 Å². The fourth-order valence-corrected chi connectivity index (χ4v) is 2.34. The van der Waals surface area contributed by atoms with Crippen molar-refractivity contribution < 1.29 is 23.1 Å². The van der Waals surface area contributed by atoms with Crippen LogP contribution in [-0.2, 0) is 19.6 Å². The molecule has 5 N–H and O–H groups in total. The van der Waals surface area contributed by atoms with Gasteiger partial charge in [0, 0.05) is 6.42 Å². The van der Waals surface area contributed by atoms with E-state index in [1.807, 2.05) is 0 Å². The first-order valence-corrected chi connectivity index (χ1v) is 7.94. The number of carboxylic acids is 1. The Morgan fingerprint density at radius 3 is 2.18 bits per heavy atom. The van der Waals surface area contributed by atoms with E-state index in [0.29, 0.717) is 5.69 Å². The van der Waals surface area contributed by atoms with Crippen molar-refractivity contribution in [2.45, 2.75) is 31.6 Å². The van der Waals surface area contributed by atoms with Crippen LogP contribution in [0.15, 0.2) is 29.2 Å². The van der Waals surface area contributed by atoms with Gasteiger partial charge in [-0.2, -0.15) is 0 Å². The summed E-state index contributed by atoms with van der Waals surface area (Å²) < 4.78 is 22.2. The molecule has 22 heavy (non-hydrogen) atoms. The summed E-state index contributed by atoms with van der Waals surface area (Å²) in [6, 6.07) is 5.50. The number of carbonyl (C=O) groups excluding carboxylic acids is 1. The summed E-state index contributed by atoms with van der Waals surface area (Å²) >= 11 is 0. The largest absolute Gasteiger partial charge is 0.481 e. The quantitative estimate of drug-likeness (QED) is 0.542. The highest BCUT2D eigenvalue weighted by Crippen LogP contribution is 2.24. The van der Waals surface area contributed by atoms with Crippen LogP contribution in [0.5, 0.6) is 0 Å². The number of amides is 1. The van der Waals surface area contributed by atoms with Gasteiger partial charge in [0.15, 0.2) is 0 Å². The number of sulfonamides is 1. The zero-order valence-electron chi connectivity index (χ0n) is 12.3. The lowest BCUT2D eigenvalue weighted by atomic mass is 9.85. The van der Waals surface area contributed by atoms with Gasteiger partial charge in [-0.05, 0) is 29.7 Å². The van der Waals surface area contributed by atoms with E-state index < -0.39 is 21.4 Å². The molecule has 0 spiro atoms. The van der Waals surface area contributed by atoms with Crippen LogP contribution in [0.1, 0.15) is 26.7 Å². The molecule has 8 nitrogen and oxygen atoms in total. The van der Waals surface area contributed by atoms with Crippen LogP contribution in [0.25, 0.3) is 0 Å². The second-order valence-corrected chi connectivity index (χ2v) is 7.22. The lowest BCUT2D eigenvalue weighted by molar-refractivity contribution is -0.139. The summed E-state index contributed by atoms with van der Waals surface area (Å²) in [7, 11) is -3.76. The van der Waals surface area contributed by atoms with E-state index in [9.17, 15) is 18.0 Å². The molecule has 0 saturated heterocycles. The molecule has 0 atom stereocenters. The molecule has 0 radical (unpaired) electrons. The maximum Gasteiger partial charge on any atom is 0.303 e. The molecular weight excluding hydrogens is 310 g/mol. The van der Waals surface area contributed by atoms with Gasteiger partial charge in [-0.25, -0.2) is 13.6 Å². The Morgan fingerprint density at radius 2 is 1.73 bits per heavy atom. The molecule has 0 bridgehead atoms. The number of hydrogen-bond donors (Lipinski definition) is 4. The highest BCUT2D eigenvalue weighted by molar-refractivity contribution is 7.89. The van der Waals surface area contributed by atoms with E-state index in [-0.39, 0.29) is 23.6 Å². The van der Waals surface area contributed by atoms with Crippen LogP contribution in [0.3, 0.4) is 0 Å². The fourth-order valence-electron chi connectivity index (χ4n) is 1.82. The standard InChI is InChI=1S/C13H19N3O5S/c1-13(2,8-12(18)19)7-11(17)16-15-9-3-5-10(6-4-9)22(14,20)21/h3-6,15H,7-8H2,1-2H3,(H,16,17)(H,18,19)(H2,14,20,21). The van der Waals surface area contributed by atoms with Crippen molar-refractivity contribution in [3.8, 4) is 0 Å². The molecule has 1 aromatic carbocycles. The second kappa shape index (κ2) is 6.75. The Balaban J connectivity index is 2.56. The second-order valence-electron chi connectivity index (χ2n) is 5.65.